The molecule has 1 aliphatic heterocycles. The molecular formula is C11H15N3O3S. The number of amides is 1. The predicted octanol–water partition coefficient (Wildman–Crippen LogP) is 0.0314. The summed E-state index contributed by atoms with van der Waals surface area (Å²) in [5, 5.41) is 5.00. The van der Waals surface area contributed by atoms with E-state index in [1.165, 1.54) is 0 Å². The van der Waals surface area contributed by atoms with Crippen LogP contribution in [0.15, 0.2) is 18.5 Å². The third-order valence-corrected chi connectivity index (χ3v) is 3.91. The number of carbonyl (C=O) groups excluding carboxylic acids is 1. The molecular weight excluding hydrogens is 254 g/mol. The number of hydrogen-bond donors (Lipinski definition) is 1. The molecule has 98 valence electrons. The predicted molar refractivity (Wildman–Crippen MR) is 67.4 cm³/mol. The number of rotatable bonds is 3. The van der Waals surface area contributed by atoms with E-state index >= 15 is 0 Å². The van der Waals surface area contributed by atoms with Crippen molar-refractivity contribution in [3.8, 4) is 0 Å². The molecule has 2 rings (SSSR count). The summed E-state index contributed by atoms with van der Waals surface area (Å²) in [5.41, 5.74) is 1.68. The van der Waals surface area contributed by atoms with Crippen LogP contribution in [0.3, 0.4) is 0 Å². The maximum absolute atomic E-state index is 11.9. The molecule has 1 amide bonds. The second-order valence-corrected chi connectivity index (χ2v) is 6.23. The standard InChI is InChI=1S/C11H15N3O3S/c1-8-2-3-13-5-10(8)14-6-9(4-11(14)15)7-18(12,16)17/h2-3,5,9H,4,6-7H2,1H3,(H2,12,16,17). The molecule has 2 heterocycles. The van der Waals surface area contributed by atoms with E-state index in [9.17, 15) is 13.2 Å². The quantitative estimate of drug-likeness (QED) is 0.837. The Morgan fingerprint density at radius 2 is 2.28 bits per heavy atom. The van der Waals surface area contributed by atoms with E-state index in [4.69, 9.17) is 5.14 Å². The molecule has 1 aromatic rings. The van der Waals surface area contributed by atoms with Crippen LogP contribution in [-0.2, 0) is 14.8 Å². The largest absolute Gasteiger partial charge is 0.310 e. The smallest absolute Gasteiger partial charge is 0.227 e. The minimum absolute atomic E-state index is 0.0836. The zero-order chi connectivity index (χ0) is 13.3. The number of nitrogens with zero attached hydrogens (tertiary/aromatic N) is 2. The first-order chi connectivity index (χ1) is 8.37. The maximum atomic E-state index is 11.9. The first-order valence-electron chi connectivity index (χ1n) is 5.58. The molecule has 1 aromatic heterocycles. The number of aryl methyl sites for hydroxylation is 1. The summed E-state index contributed by atoms with van der Waals surface area (Å²) in [6.07, 6.45) is 3.48. The summed E-state index contributed by atoms with van der Waals surface area (Å²) in [7, 11) is -3.54. The highest BCUT2D eigenvalue weighted by atomic mass is 32.2. The van der Waals surface area contributed by atoms with E-state index in [1.807, 2.05) is 13.0 Å². The summed E-state index contributed by atoms with van der Waals surface area (Å²) < 4.78 is 22.1. The first-order valence-corrected chi connectivity index (χ1v) is 7.30. The molecule has 1 fully saturated rings. The minimum atomic E-state index is -3.54. The lowest BCUT2D eigenvalue weighted by Crippen LogP contribution is -2.28. The SMILES string of the molecule is Cc1ccncc1N1CC(CS(N)(=O)=O)CC1=O. The van der Waals surface area contributed by atoms with Gasteiger partial charge in [-0.15, -0.1) is 0 Å². The molecule has 6 nitrogen and oxygen atoms in total. The van der Waals surface area contributed by atoms with Crippen molar-refractivity contribution in [2.24, 2.45) is 11.1 Å². The van der Waals surface area contributed by atoms with Gasteiger partial charge in [-0.3, -0.25) is 9.78 Å². The van der Waals surface area contributed by atoms with E-state index in [-0.39, 0.29) is 24.0 Å². The Hall–Kier alpha value is -1.47. The Balaban J connectivity index is 2.18. The lowest BCUT2D eigenvalue weighted by Gasteiger charge is -2.18. The van der Waals surface area contributed by atoms with Crippen molar-refractivity contribution in [3.05, 3.63) is 24.0 Å². The lowest BCUT2D eigenvalue weighted by molar-refractivity contribution is -0.117. The summed E-state index contributed by atoms with van der Waals surface area (Å²) in [4.78, 5) is 17.5. The van der Waals surface area contributed by atoms with Gasteiger partial charge in [0.1, 0.15) is 0 Å². The van der Waals surface area contributed by atoms with Gasteiger partial charge in [0.05, 0.1) is 17.6 Å². The third-order valence-electron chi connectivity index (χ3n) is 2.98. The molecule has 1 saturated heterocycles. The monoisotopic (exact) mass is 269 g/mol. The van der Waals surface area contributed by atoms with Crippen molar-refractivity contribution in [2.45, 2.75) is 13.3 Å². The van der Waals surface area contributed by atoms with Crippen molar-refractivity contribution >= 4 is 21.6 Å². The van der Waals surface area contributed by atoms with E-state index < -0.39 is 10.0 Å². The number of hydrogen-bond acceptors (Lipinski definition) is 4. The van der Waals surface area contributed by atoms with Crippen molar-refractivity contribution in [2.75, 3.05) is 17.2 Å². The number of sulfonamides is 1. The van der Waals surface area contributed by atoms with Crippen LogP contribution in [0, 0.1) is 12.8 Å². The molecule has 0 aromatic carbocycles. The molecule has 0 spiro atoms. The van der Waals surface area contributed by atoms with Crippen molar-refractivity contribution in [3.63, 3.8) is 0 Å². The highest BCUT2D eigenvalue weighted by molar-refractivity contribution is 7.89. The molecule has 2 N–H and O–H groups in total. The molecule has 0 radical (unpaired) electrons. The van der Waals surface area contributed by atoms with Gasteiger partial charge < -0.3 is 4.90 Å². The third kappa shape index (κ3) is 2.85. The molecule has 0 aliphatic carbocycles. The summed E-state index contributed by atoms with van der Waals surface area (Å²) >= 11 is 0. The van der Waals surface area contributed by atoms with Crippen molar-refractivity contribution in [1.29, 1.82) is 0 Å². The highest BCUT2D eigenvalue weighted by Gasteiger charge is 2.33. The second kappa shape index (κ2) is 4.66. The van der Waals surface area contributed by atoms with E-state index in [1.54, 1.807) is 17.3 Å². The zero-order valence-corrected chi connectivity index (χ0v) is 10.9. The van der Waals surface area contributed by atoms with Crippen LogP contribution >= 0.6 is 0 Å². The van der Waals surface area contributed by atoms with Gasteiger partial charge in [-0.25, -0.2) is 13.6 Å². The summed E-state index contributed by atoms with van der Waals surface area (Å²) in [6.45, 7) is 2.26. The molecule has 7 heteroatoms. The number of pyridine rings is 1. The zero-order valence-electron chi connectivity index (χ0n) is 10.0. The van der Waals surface area contributed by atoms with Crippen LogP contribution in [0.2, 0.25) is 0 Å². The van der Waals surface area contributed by atoms with Gasteiger partial charge in [0.2, 0.25) is 15.9 Å². The first kappa shape index (κ1) is 13.0. The Morgan fingerprint density at radius 3 is 2.89 bits per heavy atom. The highest BCUT2D eigenvalue weighted by Crippen LogP contribution is 2.27. The van der Waals surface area contributed by atoms with E-state index in [0.29, 0.717) is 6.54 Å². The van der Waals surface area contributed by atoms with Crippen molar-refractivity contribution in [1.82, 2.24) is 4.98 Å². The molecule has 0 saturated carbocycles. The fourth-order valence-electron chi connectivity index (χ4n) is 2.19. The van der Waals surface area contributed by atoms with E-state index in [0.717, 1.165) is 11.3 Å². The van der Waals surface area contributed by atoms with Crippen LogP contribution < -0.4 is 10.0 Å². The normalized spacial score (nSPS) is 20.4. The number of anilines is 1. The number of carbonyl (C=O) groups is 1. The Bertz CT molecular complexity index is 571. The molecule has 0 bridgehead atoms. The Morgan fingerprint density at radius 1 is 1.56 bits per heavy atom. The number of nitrogens with two attached hydrogens (primary N) is 1. The van der Waals surface area contributed by atoms with Crippen LogP contribution in [0.25, 0.3) is 0 Å². The molecule has 18 heavy (non-hydrogen) atoms. The van der Waals surface area contributed by atoms with Crippen molar-refractivity contribution < 1.29 is 13.2 Å². The van der Waals surface area contributed by atoms with Gasteiger partial charge in [0.25, 0.3) is 0 Å². The Labute approximate surface area is 106 Å². The number of aromatic nitrogens is 1. The van der Waals surface area contributed by atoms with Crippen LogP contribution in [0.4, 0.5) is 5.69 Å². The molecule has 1 unspecified atom stereocenters. The van der Waals surface area contributed by atoms with E-state index in [2.05, 4.69) is 4.98 Å². The summed E-state index contributed by atoms with van der Waals surface area (Å²) in [5.74, 6) is -0.485. The average Bonchev–Trinajstić information content (AvgIpc) is 2.57. The van der Waals surface area contributed by atoms with Crippen LogP contribution in [0.1, 0.15) is 12.0 Å². The average molecular weight is 269 g/mol. The van der Waals surface area contributed by atoms with Crippen LogP contribution in [-0.4, -0.2) is 31.6 Å². The van der Waals surface area contributed by atoms with Gasteiger partial charge in [-0.05, 0) is 18.6 Å². The van der Waals surface area contributed by atoms with Gasteiger partial charge >= 0.3 is 0 Å². The fourth-order valence-corrected chi connectivity index (χ4v) is 3.07. The maximum Gasteiger partial charge on any atom is 0.227 e. The summed E-state index contributed by atoms with van der Waals surface area (Å²) in [6, 6.07) is 1.82. The van der Waals surface area contributed by atoms with Gasteiger partial charge in [-0.1, -0.05) is 0 Å². The van der Waals surface area contributed by atoms with Gasteiger partial charge in [-0.2, -0.15) is 0 Å². The topological polar surface area (TPSA) is 93.4 Å². The lowest BCUT2D eigenvalue weighted by atomic mass is 10.1. The minimum Gasteiger partial charge on any atom is -0.310 e. The second-order valence-electron chi connectivity index (χ2n) is 4.57. The molecule has 1 aliphatic rings. The molecule has 1 atom stereocenters. The van der Waals surface area contributed by atoms with Crippen LogP contribution in [0.5, 0.6) is 0 Å². The fraction of sp³-hybridized carbons (Fsp3) is 0.455. The number of primary sulfonamides is 1. The van der Waals surface area contributed by atoms with Gasteiger partial charge in [0.15, 0.2) is 0 Å². The Kier molecular flexibility index (Phi) is 3.36. The van der Waals surface area contributed by atoms with Gasteiger partial charge in [0, 0.05) is 25.1 Å².